The molecule has 3 aromatic rings. The summed E-state index contributed by atoms with van der Waals surface area (Å²) in [5, 5.41) is 8.14. The molecule has 2 amide bonds. The van der Waals surface area contributed by atoms with Crippen molar-refractivity contribution in [1.82, 2.24) is 25.0 Å². The van der Waals surface area contributed by atoms with Gasteiger partial charge in [-0.1, -0.05) is 36.7 Å². The Labute approximate surface area is 200 Å². The van der Waals surface area contributed by atoms with E-state index in [4.69, 9.17) is 0 Å². The van der Waals surface area contributed by atoms with E-state index in [-0.39, 0.29) is 30.0 Å². The van der Waals surface area contributed by atoms with Crippen molar-refractivity contribution in [3.8, 4) is 0 Å². The van der Waals surface area contributed by atoms with Crippen LogP contribution in [0.5, 0.6) is 0 Å². The van der Waals surface area contributed by atoms with Gasteiger partial charge >= 0.3 is 0 Å². The zero-order valence-electron chi connectivity index (χ0n) is 19.5. The number of amides is 2. The highest BCUT2D eigenvalue weighted by atomic mass is 79.9. The second-order valence-corrected chi connectivity index (χ2v) is 10.6. The molecule has 8 nitrogen and oxygen atoms in total. The van der Waals surface area contributed by atoms with Gasteiger partial charge in [-0.05, 0) is 37.6 Å². The SMILES string of the molecule is Cc1cc(C)c(CNC(=O)c2cc(Br)cc3c2cnn3C2CN(C(=O)C(C)(C)C)C2)c(=O)[nH]1. The van der Waals surface area contributed by atoms with Crippen LogP contribution in [0.25, 0.3) is 10.9 Å². The molecule has 3 heterocycles. The molecule has 33 heavy (non-hydrogen) atoms. The van der Waals surface area contributed by atoms with Gasteiger partial charge in [0.05, 0.1) is 23.3 Å². The van der Waals surface area contributed by atoms with Gasteiger partial charge in [0.2, 0.25) is 5.91 Å². The highest BCUT2D eigenvalue weighted by Crippen LogP contribution is 2.32. The molecule has 0 aliphatic carbocycles. The average Bonchev–Trinajstić information content (AvgIpc) is 3.07. The van der Waals surface area contributed by atoms with Crippen LogP contribution in [0.4, 0.5) is 0 Å². The summed E-state index contributed by atoms with van der Waals surface area (Å²) < 4.78 is 2.64. The second kappa shape index (κ2) is 8.44. The summed E-state index contributed by atoms with van der Waals surface area (Å²) in [6.07, 6.45) is 1.69. The third-order valence-corrected chi connectivity index (χ3v) is 6.44. The van der Waals surface area contributed by atoms with E-state index in [1.165, 1.54) is 0 Å². The molecule has 0 saturated carbocycles. The van der Waals surface area contributed by atoms with E-state index >= 15 is 0 Å². The van der Waals surface area contributed by atoms with Crippen molar-refractivity contribution in [3.63, 3.8) is 0 Å². The number of carbonyl (C=O) groups is 2. The van der Waals surface area contributed by atoms with E-state index in [0.29, 0.717) is 24.2 Å². The molecule has 2 N–H and O–H groups in total. The summed E-state index contributed by atoms with van der Waals surface area (Å²) in [4.78, 5) is 42.4. The quantitative estimate of drug-likeness (QED) is 0.557. The van der Waals surface area contributed by atoms with Crippen molar-refractivity contribution in [2.75, 3.05) is 13.1 Å². The van der Waals surface area contributed by atoms with Crippen LogP contribution in [0.3, 0.4) is 0 Å². The first kappa shape index (κ1) is 23.2. The smallest absolute Gasteiger partial charge is 0.253 e. The Morgan fingerprint density at radius 1 is 1.21 bits per heavy atom. The molecule has 1 aliphatic heterocycles. The topological polar surface area (TPSA) is 100 Å². The van der Waals surface area contributed by atoms with Crippen LogP contribution >= 0.6 is 15.9 Å². The Kier molecular flexibility index (Phi) is 5.94. The van der Waals surface area contributed by atoms with E-state index in [1.807, 2.05) is 56.3 Å². The van der Waals surface area contributed by atoms with Crippen LogP contribution in [0.15, 0.2) is 33.7 Å². The Hall–Kier alpha value is -2.94. The molecular weight excluding hydrogens is 486 g/mol. The molecule has 1 fully saturated rings. The molecule has 1 aliphatic rings. The number of H-pyrrole nitrogens is 1. The minimum Gasteiger partial charge on any atom is -0.348 e. The third-order valence-electron chi connectivity index (χ3n) is 5.98. The van der Waals surface area contributed by atoms with Gasteiger partial charge in [-0.2, -0.15) is 5.10 Å². The lowest BCUT2D eigenvalue weighted by atomic mass is 9.92. The van der Waals surface area contributed by atoms with Gasteiger partial charge in [-0.25, -0.2) is 0 Å². The number of fused-ring (bicyclic) bond motifs is 1. The van der Waals surface area contributed by atoms with Crippen LogP contribution in [0.1, 0.15) is 54.0 Å². The fourth-order valence-electron chi connectivity index (χ4n) is 4.21. The van der Waals surface area contributed by atoms with Gasteiger partial charge < -0.3 is 15.2 Å². The van der Waals surface area contributed by atoms with Crippen LogP contribution in [0, 0.1) is 19.3 Å². The monoisotopic (exact) mass is 513 g/mol. The van der Waals surface area contributed by atoms with Gasteiger partial charge in [-0.15, -0.1) is 0 Å². The van der Waals surface area contributed by atoms with Gasteiger partial charge in [-0.3, -0.25) is 19.1 Å². The van der Waals surface area contributed by atoms with Crippen LogP contribution in [-0.4, -0.2) is 44.6 Å². The number of aromatic amines is 1. The maximum Gasteiger partial charge on any atom is 0.253 e. The lowest BCUT2D eigenvalue weighted by Crippen LogP contribution is -2.54. The molecule has 4 rings (SSSR count). The number of hydrogen-bond acceptors (Lipinski definition) is 4. The van der Waals surface area contributed by atoms with E-state index in [0.717, 1.165) is 26.6 Å². The van der Waals surface area contributed by atoms with Crippen molar-refractivity contribution < 1.29 is 9.59 Å². The highest BCUT2D eigenvalue weighted by Gasteiger charge is 2.38. The first-order valence-electron chi connectivity index (χ1n) is 10.9. The highest BCUT2D eigenvalue weighted by molar-refractivity contribution is 9.10. The molecule has 0 radical (unpaired) electrons. The number of carbonyl (C=O) groups excluding carboxylic acids is 2. The van der Waals surface area contributed by atoms with E-state index in [2.05, 4.69) is 31.3 Å². The van der Waals surface area contributed by atoms with Gasteiger partial charge in [0.1, 0.15) is 0 Å². The van der Waals surface area contributed by atoms with Crippen molar-refractivity contribution in [3.05, 3.63) is 61.6 Å². The maximum atomic E-state index is 13.1. The number of hydrogen-bond donors (Lipinski definition) is 2. The first-order valence-corrected chi connectivity index (χ1v) is 11.7. The Balaban J connectivity index is 1.55. The first-order chi connectivity index (χ1) is 15.5. The summed E-state index contributed by atoms with van der Waals surface area (Å²) in [5.74, 6) is -0.156. The Morgan fingerprint density at radius 3 is 2.55 bits per heavy atom. The van der Waals surface area contributed by atoms with Crippen molar-refractivity contribution in [2.45, 2.75) is 47.2 Å². The largest absolute Gasteiger partial charge is 0.348 e. The lowest BCUT2D eigenvalue weighted by Gasteiger charge is -2.42. The third kappa shape index (κ3) is 4.46. The van der Waals surface area contributed by atoms with Gasteiger partial charge in [0, 0.05) is 46.2 Å². The predicted molar refractivity (Wildman–Crippen MR) is 130 cm³/mol. The van der Waals surface area contributed by atoms with Crippen LogP contribution < -0.4 is 10.9 Å². The maximum absolute atomic E-state index is 13.1. The minimum atomic E-state index is -0.414. The summed E-state index contributed by atoms with van der Waals surface area (Å²) in [6, 6.07) is 5.64. The molecule has 2 aromatic heterocycles. The molecule has 0 spiro atoms. The fraction of sp³-hybridized carbons (Fsp3) is 0.417. The van der Waals surface area contributed by atoms with E-state index in [9.17, 15) is 14.4 Å². The summed E-state index contributed by atoms with van der Waals surface area (Å²) >= 11 is 3.51. The number of aromatic nitrogens is 3. The number of aryl methyl sites for hydroxylation is 2. The average molecular weight is 514 g/mol. The van der Waals surface area contributed by atoms with Gasteiger partial charge in [0.25, 0.3) is 11.5 Å². The number of pyridine rings is 1. The minimum absolute atomic E-state index is 0.0628. The van der Waals surface area contributed by atoms with Crippen molar-refractivity contribution >= 4 is 38.6 Å². The summed E-state index contributed by atoms with van der Waals surface area (Å²) in [5.41, 5.74) is 2.85. The standard InChI is InChI=1S/C24H28BrN5O3/c1-13-6-14(2)28-22(32)18(13)9-26-21(31)17-7-15(25)8-20-19(17)10-27-30(20)16-11-29(12-16)23(33)24(3,4)5/h6-8,10,16H,9,11-12H2,1-5H3,(H,26,31)(H,28,32). The molecule has 174 valence electrons. The second-order valence-electron chi connectivity index (χ2n) is 9.71. The van der Waals surface area contributed by atoms with Crippen LogP contribution in [-0.2, 0) is 11.3 Å². The number of nitrogens with zero attached hydrogens (tertiary/aromatic N) is 3. The predicted octanol–water partition coefficient (Wildman–Crippen LogP) is 3.46. The zero-order chi connectivity index (χ0) is 24.1. The van der Waals surface area contributed by atoms with E-state index < -0.39 is 5.41 Å². The zero-order valence-corrected chi connectivity index (χ0v) is 21.0. The Bertz CT molecular complexity index is 1310. The fourth-order valence-corrected chi connectivity index (χ4v) is 4.65. The molecular formula is C24H28BrN5O3. The normalized spacial score (nSPS) is 14.4. The summed E-state index contributed by atoms with van der Waals surface area (Å²) in [7, 11) is 0. The number of rotatable bonds is 4. The number of nitrogens with one attached hydrogen (secondary N) is 2. The molecule has 9 heteroatoms. The molecule has 0 atom stereocenters. The molecule has 1 saturated heterocycles. The van der Waals surface area contributed by atoms with Gasteiger partial charge in [0.15, 0.2) is 0 Å². The van der Waals surface area contributed by atoms with Crippen molar-refractivity contribution in [2.24, 2.45) is 5.41 Å². The van der Waals surface area contributed by atoms with Crippen LogP contribution in [0.2, 0.25) is 0 Å². The molecule has 0 bridgehead atoms. The number of likely N-dealkylation sites (tertiary alicyclic amines) is 1. The number of halogens is 1. The molecule has 0 unspecified atom stereocenters. The Morgan fingerprint density at radius 2 is 1.91 bits per heavy atom. The molecule has 1 aromatic carbocycles. The summed E-state index contributed by atoms with van der Waals surface area (Å²) in [6.45, 7) is 10.8. The van der Waals surface area contributed by atoms with Crippen molar-refractivity contribution in [1.29, 1.82) is 0 Å². The lowest BCUT2D eigenvalue weighted by molar-refractivity contribution is -0.145. The van der Waals surface area contributed by atoms with E-state index in [1.54, 1.807) is 12.3 Å². The number of benzene rings is 1.